The van der Waals surface area contributed by atoms with Gasteiger partial charge in [0.25, 0.3) is 0 Å². The van der Waals surface area contributed by atoms with E-state index in [1.165, 1.54) is 13.2 Å². The molecule has 0 amide bonds. The third-order valence-corrected chi connectivity index (χ3v) is 8.36. The predicted molar refractivity (Wildman–Crippen MR) is 81.8 cm³/mol. The fraction of sp³-hybridized carbons (Fsp3) is 0.667. The maximum Gasteiger partial charge on any atom is 0.330 e. The molecule has 1 rings (SSSR count). The Balaban J connectivity index is 2.66. The Hall–Kier alpha value is -1.07. The molecule has 0 aromatic heterocycles. The molecule has 0 spiro atoms. The van der Waals surface area contributed by atoms with E-state index < -0.39 is 8.32 Å². The third kappa shape index (κ3) is 4.49. The van der Waals surface area contributed by atoms with Crippen molar-refractivity contribution in [2.45, 2.75) is 38.9 Å². The van der Waals surface area contributed by atoms with Crippen LogP contribution < -0.4 is 0 Å². The van der Waals surface area contributed by atoms with Crippen LogP contribution in [0.4, 0.5) is 0 Å². The van der Waals surface area contributed by atoms with Crippen LogP contribution >= 0.6 is 0 Å². The molecule has 1 saturated heterocycles. The molecule has 114 valence electrons. The van der Waals surface area contributed by atoms with E-state index in [1.54, 1.807) is 6.26 Å². The largest absolute Gasteiger partial charge is 0.549 e. The first-order valence-electron chi connectivity index (χ1n) is 6.88. The zero-order valence-corrected chi connectivity index (χ0v) is 14.4. The summed E-state index contributed by atoms with van der Waals surface area (Å²) in [6.45, 7) is 12.1. The number of esters is 1. The highest BCUT2D eigenvalue weighted by Crippen LogP contribution is 2.36. The van der Waals surface area contributed by atoms with Gasteiger partial charge in [-0.3, -0.25) is 0 Å². The van der Waals surface area contributed by atoms with Crippen LogP contribution in [0.1, 0.15) is 20.8 Å². The maximum atomic E-state index is 11.3. The summed E-state index contributed by atoms with van der Waals surface area (Å²) < 4.78 is 16.0. The van der Waals surface area contributed by atoms with E-state index in [9.17, 15) is 4.79 Å². The van der Waals surface area contributed by atoms with Crippen molar-refractivity contribution in [2.75, 3.05) is 20.3 Å². The molecule has 0 radical (unpaired) electrons. The van der Waals surface area contributed by atoms with Gasteiger partial charge in [0.2, 0.25) is 8.32 Å². The number of ether oxygens (including phenoxy) is 2. The molecule has 0 aromatic carbocycles. The second-order valence-electron chi connectivity index (χ2n) is 6.57. The van der Waals surface area contributed by atoms with E-state index in [0.717, 1.165) is 5.57 Å². The highest BCUT2D eigenvalue weighted by atomic mass is 28.4. The van der Waals surface area contributed by atoms with E-state index in [0.29, 0.717) is 13.2 Å². The zero-order chi connectivity index (χ0) is 15.4. The lowest BCUT2D eigenvalue weighted by atomic mass is 10.0. The standard InChI is InChI=1S/C15H26O4Si/c1-15(2,3)20(5,6)19-8-7-12-10-18-11-13(12)9-14(16)17-4/h7-9,12H,10-11H2,1-6H3/b8-7+,13-9-. The first kappa shape index (κ1) is 17.0. The second kappa shape index (κ2) is 6.59. The smallest absolute Gasteiger partial charge is 0.330 e. The molecule has 0 N–H and O–H groups in total. The predicted octanol–water partition coefficient (Wildman–Crippen LogP) is 3.27. The number of carbonyl (C=O) groups is 1. The van der Waals surface area contributed by atoms with E-state index in [2.05, 4.69) is 38.6 Å². The van der Waals surface area contributed by atoms with Crippen LogP contribution in [0.3, 0.4) is 0 Å². The number of carbonyl (C=O) groups excluding carboxylic acids is 1. The summed E-state index contributed by atoms with van der Waals surface area (Å²) in [5.41, 5.74) is 0.937. The first-order chi connectivity index (χ1) is 9.17. The summed E-state index contributed by atoms with van der Waals surface area (Å²) >= 11 is 0. The summed E-state index contributed by atoms with van der Waals surface area (Å²) in [5, 5.41) is 0.175. The van der Waals surface area contributed by atoms with Gasteiger partial charge in [-0.15, -0.1) is 0 Å². The average Bonchev–Trinajstić information content (AvgIpc) is 2.75. The monoisotopic (exact) mass is 298 g/mol. The van der Waals surface area contributed by atoms with Crippen LogP contribution in [0.5, 0.6) is 0 Å². The Morgan fingerprint density at radius 1 is 1.40 bits per heavy atom. The lowest BCUT2D eigenvalue weighted by Gasteiger charge is -2.35. The minimum absolute atomic E-state index is 0.0962. The van der Waals surface area contributed by atoms with Gasteiger partial charge in [0.15, 0.2) is 0 Å². The van der Waals surface area contributed by atoms with Crippen molar-refractivity contribution in [2.24, 2.45) is 5.92 Å². The first-order valence-corrected chi connectivity index (χ1v) is 9.79. The topological polar surface area (TPSA) is 44.8 Å². The molecule has 0 aromatic rings. The molecule has 0 bridgehead atoms. The maximum absolute atomic E-state index is 11.3. The fourth-order valence-electron chi connectivity index (χ4n) is 1.54. The summed E-state index contributed by atoms with van der Waals surface area (Å²) in [4.78, 5) is 11.3. The Bertz CT molecular complexity index is 405. The summed E-state index contributed by atoms with van der Waals surface area (Å²) in [6, 6.07) is 0. The van der Waals surface area contributed by atoms with Crippen molar-refractivity contribution in [3.63, 3.8) is 0 Å². The molecule has 1 atom stereocenters. The Labute approximate surface area is 122 Å². The molecule has 1 fully saturated rings. The van der Waals surface area contributed by atoms with E-state index >= 15 is 0 Å². The molecule has 1 aliphatic heterocycles. The van der Waals surface area contributed by atoms with Gasteiger partial charge < -0.3 is 13.9 Å². The molecular weight excluding hydrogens is 272 g/mol. The fourth-order valence-corrected chi connectivity index (χ4v) is 2.31. The van der Waals surface area contributed by atoms with Gasteiger partial charge in [-0.05, 0) is 29.8 Å². The van der Waals surface area contributed by atoms with Crippen molar-refractivity contribution in [1.29, 1.82) is 0 Å². The average molecular weight is 298 g/mol. The zero-order valence-electron chi connectivity index (χ0n) is 13.4. The van der Waals surface area contributed by atoms with E-state index in [1.807, 2.05) is 6.08 Å². The number of methoxy groups -OCH3 is 1. The van der Waals surface area contributed by atoms with Crippen LogP contribution in [0.25, 0.3) is 0 Å². The minimum Gasteiger partial charge on any atom is -0.549 e. The molecule has 5 heteroatoms. The Morgan fingerprint density at radius 2 is 2.05 bits per heavy atom. The minimum atomic E-state index is -1.78. The van der Waals surface area contributed by atoms with E-state index in [4.69, 9.17) is 9.16 Å². The van der Waals surface area contributed by atoms with Gasteiger partial charge in [0.1, 0.15) is 0 Å². The van der Waals surface area contributed by atoms with Gasteiger partial charge in [0.05, 0.1) is 26.6 Å². The Morgan fingerprint density at radius 3 is 2.60 bits per heavy atom. The van der Waals surface area contributed by atoms with Crippen LogP contribution in [0.2, 0.25) is 18.1 Å². The van der Waals surface area contributed by atoms with Crippen LogP contribution in [0, 0.1) is 5.92 Å². The molecule has 1 heterocycles. The van der Waals surface area contributed by atoms with E-state index in [-0.39, 0.29) is 16.9 Å². The summed E-state index contributed by atoms with van der Waals surface area (Å²) in [6.07, 6.45) is 5.26. The molecule has 1 aliphatic rings. The molecular formula is C15H26O4Si. The van der Waals surface area contributed by atoms with Crippen LogP contribution in [-0.4, -0.2) is 34.6 Å². The highest BCUT2D eigenvalue weighted by molar-refractivity contribution is 6.74. The molecule has 0 aliphatic carbocycles. The lowest BCUT2D eigenvalue weighted by molar-refractivity contribution is -0.134. The summed E-state index contributed by atoms with van der Waals surface area (Å²) in [7, 11) is -0.401. The van der Waals surface area contributed by atoms with Gasteiger partial charge in [-0.25, -0.2) is 4.79 Å². The lowest BCUT2D eigenvalue weighted by Crippen LogP contribution is -2.39. The quantitative estimate of drug-likeness (QED) is 0.346. The number of rotatable bonds is 4. The molecule has 20 heavy (non-hydrogen) atoms. The van der Waals surface area contributed by atoms with Gasteiger partial charge in [0, 0.05) is 12.0 Å². The molecule has 0 saturated carbocycles. The highest BCUT2D eigenvalue weighted by Gasteiger charge is 2.38. The van der Waals surface area contributed by atoms with Crippen molar-refractivity contribution in [1.82, 2.24) is 0 Å². The number of hydrogen-bond acceptors (Lipinski definition) is 4. The number of hydrogen-bond donors (Lipinski definition) is 0. The van der Waals surface area contributed by atoms with Crippen molar-refractivity contribution >= 4 is 14.3 Å². The van der Waals surface area contributed by atoms with Crippen LogP contribution in [-0.2, 0) is 18.7 Å². The van der Waals surface area contributed by atoms with Crippen molar-refractivity contribution in [3.05, 3.63) is 24.0 Å². The third-order valence-electron chi connectivity index (χ3n) is 4.03. The van der Waals surface area contributed by atoms with Crippen LogP contribution in [0.15, 0.2) is 24.0 Å². The van der Waals surface area contributed by atoms with Crippen molar-refractivity contribution in [3.8, 4) is 0 Å². The van der Waals surface area contributed by atoms with Gasteiger partial charge in [-0.1, -0.05) is 20.8 Å². The summed E-state index contributed by atoms with van der Waals surface area (Å²) in [5.74, 6) is -0.243. The van der Waals surface area contributed by atoms with Gasteiger partial charge in [-0.2, -0.15) is 0 Å². The second-order valence-corrected chi connectivity index (χ2v) is 11.3. The molecule has 4 nitrogen and oxygen atoms in total. The van der Waals surface area contributed by atoms with Crippen molar-refractivity contribution < 1.29 is 18.7 Å². The Kier molecular flexibility index (Phi) is 5.59. The molecule has 1 unspecified atom stereocenters. The normalized spacial score (nSPS) is 22.5. The SMILES string of the molecule is COC(=O)/C=C1/COCC1/C=C/O[Si](C)(C)C(C)(C)C. The van der Waals surface area contributed by atoms with Gasteiger partial charge >= 0.3 is 5.97 Å².